The van der Waals surface area contributed by atoms with Crippen LogP contribution in [0.1, 0.15) is 44.1 Å². The third kappa shape index (κ3) is 7.86. The van der Waals surface area contributed by atoms with Crippen molar-refractivity contribution in [1.82, 2.24) is 15.3 Å². The van der Waals surface area contributed by atoms with Gasteiger partial charge in [-0.15, -0.1) is 0 Å². The number of nitrogens with two attached hydrogens (primary N) is 2. The molecule has 256 valence electrons. The van der Waals surface area contributed by atoms with Crippen LogP contribution in [0.5, 0.6) is 5.75 Å². The Morgan fingerprint density at radius 3 is 2.44 bits per heavy atom. The second-order valence-corrected chi connectivity index (χ2v) is 11.4. The lowest BCUT2D eigenvalue weighted by Gasteiger charge is -2.44. The number of ketones is 1. The molecule has 0 radical (unpaired) electrons. The van der Waals surface area contributed by atoms with E-state index >= 15 is 0 Å². The van der Waals surface area contributed by atoms with Crippen LogP contribution in [0.25, 0.3) is 0 Å². The fourth-order valence-corrected chi connectivity index (χ4v) is 5.97. The van der Waals surface area contributed by atoms with Gasteiger partial charge in [0.1, 0.15) is 17.8 Å². The van der Waals surface area contributed by atoms with E-state index in [4.69, 9.17) is 16.3 Å². The number of benzene rings is 2. The quantitative estimate of drug-likeness (QED) is 0.0491. The van der Waals surface area contributed by atoms with E-state index in [2.05, 4.69) is 15.6 Å². The van der Waals surface area contributed by atoms with Gasteiger partial charge in [-0.2, -0.15) is 5.06 Å². The number of aromatic hydroxyl groups is 1. The molecule has 3 atom stereocenters. The predicted octanol–water partition coefficient (Wildman–Crippen LogP) is 0.503. The van der Waals surface area contributed by atoms with Crippen LogP contribution in [0, 0.1) is 10.1 Å². The number of Topliss-reactive ketones (excluding diaryl/α,β-unsaturated/α-hetero) is 1. The van der Waals surface area contributed by atoms with Crippen LogP contribution in [-0.2, 0) is 35.2 Å². The Kier molecular flexibility index (Phi) is 11.3. The third-order valence-electron chi connectivity index (χ3n) is 8.30. The Morgan fingerprint density at radius 2 is 1.81 bits per heavy atom. The molecule has 48 heavy (non-hydrogen) atoms. The van der Waals surface area contributed by atoms with Gasteiger partial charge >= 0.3 is 0 Å². The van der Waals surface area contributed by atoms with Gasteiger partial charge in [-0.05, 0) is 55.5 Å². The largest absolute Gasteiger partial charge is 0.508 e. The molecular weight excluding hydrogens is 628 g/mol. The molecule has 4 rings (SSSR count). The van der Waals surface area contributed by atoms with E-state index in [9.17, 15) is 39.2 Å². The van der Waals surface area contributed by atoms with Crippen molar-refractivity contribution in [3.63, 3.8) is 0 Å². The Morgan fingerprint density at radius 1 is 1.12 bits per heavy atom. The molecule has 2 aliphatic heterocycles. The average molecular weight is 667 g/mol. The van der Waals surface area contributed by atoms with Crippen LogP contribution in [0.2, 0.25) is 0 Å². The molecule has 17 heteroatoms. The molecule has 2 fully saturated rings. The highest BCUT2D eigenvalue weighted by molar-refractivity contribution is 6.15. The van der Waals surface area contributed by atoms with Gasteiger partial charge in [0.15, 0.2) is 11.7 Å². The maximum atomic E-state index is 14.4. The van der Waals surface area contributed by atoms with Crippen molar-refractivity contribution in [2.75, 3.05) is 25.5 Å². The van der Waals surface area contributed by atoms with Crippen molar-refractivity contribution < 1.29 is 38.8 Å². The lowest BCUT2D eigenvalue weighted by Crippen LogP contribution is -2.69. The number of non-ortho nitro benzene ring substituents is 1. The number of amides is 4. The topological polar surface area (TPSA) is 253 Å². The van der Waals surface area contributed by atoms with Gasteiger partial charge in [0.2, 0.25) is 23.3 Å². The van der Waals surface area contributed by atoms with Crippen LogP contribution < -0.4 is 22.1 Å². The van der Waals surface area contributed by atoms with E-state index in [0.29, 0.717) is 12.0 Å². The summed E-state index contributed by atoms with van der Waals surface area (Å²) in [6.07, 6.45) is 0.243. The molecule has 0 aromatic heterocycles. The molecule has 2 heterocycles. The molecule has 17 nitrogen and oxygen atoms in total. The second kappa shape index (κ2) is 15.3. The summed E-state index contributed by atoms with van der Waals surface area (Å²) in [6.45, 7) is 0.173. The number of hydroxylamine groups is 2. The number of aliphatic imine (C=N–C) groups is 1. The number of hydrogen-bond acceptors (Lipinski definition) is 10. The van der Waals surface area contributed by atoms with Crippen molar-refractivity contribution in [3.8, 4) is 5.75 Å². The number of phenolic OH excluding ortho intramolecular Hbond substituents is 1. The van der Waals surface area contributed by atoms with E-state index in [0.717, 1.165) is 5.06 Å². The second-order valence-electron chi connectivity index (χ2n) is 11.4. The number of piperidine rings is 1. The molecular formula is C31H38N8O9. The zero-order chi connectivity index (χ0) is 35.0. The van der Waals surface area contributed by atoms with E-state index < -0.39 is 52.0 Å². The maximum absolute atomic E-state index is 14.4. The fourth-order valence-electron chi connectivity index (χ4n) is 5.97. The van der Waals surface area contributed by atoms with Gasteiger partial charge in [-0.1, -0.05) is 12.1 Å². The summed E-state index contributed by atoms with van der Waals surface area (Å²) in [5, 5.41) is 26.9. The molecule has 0 bridgehead atoms. The summed E-state index contributed by atoms with van der Waals surface area (Å²) in [5.74, 6) is -3.38. The minimum absolute atomic E-state index is 0.00264. The zero-order valence-electron chi connectivity index (χ0n) is 26.3. The number of guanidine groups is 1. The SMILES string of the molecule is CON1C(=O)CCC(=O)[C@]1(CCCN=C(N)N)C(=O)N1CCC[C@H]1C(=O)N[C@@H](Cc1ccc(O)cc1)C(=O)Nc1ccc([N+](=O)[O-])cc1. The standard InChI is InChI=1S/C31H38N8O9/c1-48-38-26(42)14-13-25(41)31(38,15-3-16-34-30(32)33)29(45)37-17-2-4-24(37)28(44)36-23(18-19-5-11-22(40)12-6-19)27(43)35-20-7-9-21(10-8-20)39(46)47/h5-12,23-24,40H,2-4,13-18H2,1H3,(H,35,43)(H,36,44)(H4,32,33,34)/t23-,24-,31+/m0/s1. The zero-order valence-corrected chi connectivity index (χ0v) is 26.3. The number of nitro benzene ring substituents is 1. The number of nitro groups is 1. The smallest absolute Gasteiger partial charge is 0.269 e. The number of carbonyl (C=O) groups is 5. The fraction of sp³-hybridized carbons (Fsp3) is 0.419. The normalized spacial score (nSPS) is 19.8. The number of nitrogens with one attached hydrogen (secondary N) is 2. The first-order valence-electron chi connectivity index (χ1n) is 15.3. The first kappa shape index (κ1) is 35.3. The van der Waals surface area contributed by atoms with E-state index in [-0.39, 0.29) is 74.7 Å². The highest BCUT2D eigenvalue weighted by atomic mass is 16.7. The van der Waals surface area contributed by atoms with Gasteiger partial charge < -0.3 is 32.1 Å². The Balaban J connectivity index is 1.60. The first-order valence-corrected chi connectivity index (χ1v) is 15.3. The molecule has 0 spiro atoms. The Labute approximate surface area is 275 Å². The van der Waals surface area contributed by atoms with Crippen LogP contribution in [0.15, 0.2) is 53.5 Å². The van der Waals surface area contributed by atoms with Gasteiger partial charge in [0.25, 0.3) is 11.6 Å². The summed E-state index contributed by atoms with van der Waals surface area (Å²) >= 11 is 0. The van der Waals surface area contributed by atoms with Crippen molar-refractivity contribution in [2.24, 2.45) is 16.5 Å². The number of phenols is 1. The number of nitrogens with zero attached hydrogens (tertiary/aromatic N) is 4. The molecule has 2 saturated heterocycles. The Bertz CT molecular complexity index is 1580. The molecule has 2 aromatic rings. The van der Waals surface area contributed by atoms with Crippen molar-refractivity contribution in [2.45, 2.75) is 62.6 Å². The molecule has 0 aliphatic carbocycles. The number of hydrogen-bond donors (Lipinski definition) is 5. The number of rotatable bonds is 13. The lowest BCUT2D eigenvalue weighted by molar-refractivity contribution is -0.384. The third-order valence-corrected chi connectivity index (χ3v) is 8.30. The lowest BCUT2D eigenvalue weighted by atomic mass is 9.81. The van der Waals surface area contributed by atoms with Gasteiger partial charge in [-0.25, -0.2) is 0 Å². The van der Waals surface area contributed by atoms with Crippen LogP contribution in [-0.4, -0.2) is 93.2 Å². The average Bonchev–Trinajstić information content (AvgIpc) is 3.55. The Hall–Kier alpha value is -5.58. The summed E-state index contributed by atoms with van der Waals surface area (Å²) in [5.41, 5.74) is 9.46. The molecule has 4 amide bonds. The van der Waals surface area contributed by atoms with E-state index in [1.165, 1.54) is 48.4 Å². The van der Waals surface area contributed by atoms with Crippen LogP contribution in [0.3, 0.4) is 0 Å². The summed E-state index contributed by atoms with van der Waals surface area (Å²) in [7, 11) is 1.18. The maximum Gasteiger partial charge on any atom is 0.269 e. The highest BCUT2D eigenvalue weighted by Gasteiger charge is 2.58. The first-order chi connectivity index (χ1) is 22.9. The minimum atomic E-state index is -2.05. The van der Waals surface area contributed by atoms with Crippen molar-refractivity contribution in [3.05, 3.63) is 64.2 Å². The molecule has 2 aliphatic rings. The minimum Gasteiger partial charge on any atom is -0.508 e. The molecule has 2 aromatic carbocycles. The van der Waals surface area contributed by atoms with Gasteiger partial charge in [0, 0.05) is 50.2 Å². The molecule has 7 N–H and O–H groups in total. The summed E-state index contributed by atoms with van der Waals surface area (Å²) in [4.78, 5) is 89.1. The summed E-state index contributed by atoms with van der Waals surface area (Å²) < 4.78 is 0. The van der Waals surface area contributed by atoms with E-state index in [1.54, 1.807) is 12.1 Å². The number of likely N-dealkylation sites (tertiary alicyclic amines) is 1. The molecule has 0 unspecified atom stereocenters. The van der Waals surface area contributed by atoms with Gasteiger partial charge in [0.05, 0.1) is 12.0 Å². The monoisotopic (exact) mass is 666 g/mol. The predicted molar refractivity (Wildman–Crippen MR) is 171 cm³/mol. The van der Waals surface area contributed by atoms with Gasteiger partial charge in [-0.3, -0.25) is 43.9 Å². The number of anilines is 1. The number of carbonyl (C=O) groups excluding carboxylic acids is 5. The highest BCUT2D eigenvalue weighted by Crippen LogP contribution is 2.35. The van der Waals surface area contributed by atoms with Crippen LogP contribution >= 0.6 is 0 Å². The van der Waals surface area contributed by atoms with Crippen LogP contribution in [0.4, 0.5) is 11.4 Å². The summed E-state index contributed by atoms with van der Waals surface area (Å²) in [6, 6.07) is 8.88. The van der Waals surface area contributed by atoms with Crippen molar-refractivity contribution >= 4 is 46.7 Å². The molecule has 0 saturated carbocycles. The van der Waals surface area contributed by atoms with Crippen molar-refractivity contribution in [1.29, 1.82) is 0 Å². The van der Waals surface area contributed by atoms with E-state index in [1.807, 2.05) is 0 Å².